The number of ether oxygens (including phenoxy) is 4. The summed E-state index contributed by atoms with van der Waals surface area (Å²) in [6, 6.07) is 16.0. The molecule has 2 amide bonds. The summed E-state index contributed by atoms with van der Waals surface area (Å²) in [4.78, 5) is 43.0. The normalized spacial score (nSPS) is 22.4. The van der Waals surface area contributed by atoms with Gasteiger partial charge < -0.3 is 29.2 Å². The van der Waals surface area contributed by atoms with Gasteiger partial charge in [-0.1, -0.05) is 47.5 Å². The molecule has 2 aromatic carbocycles. The molecule has 4 heterocycles. The van der Waals surface area contributed by atoms with Gasteiger partial charge in [0, 0.05) is 67.3 Å². The lowest BCUT2D eigenvalue weighted by Gasteiger charge is -2.44. The summed E-state index contributed by atoms with van der Waals surface area (Å²) in [6.45, 7) is 19.3. The highest BCUT2D eigenvalue weighted by Crippen LogP contribution is 2.27. The maximum Gasteiger partial charge on any atom is 0.410 e. The summed E-state index contributed by atoms with van der Waals surface area (Å²) in [5.74, 6) is 0.0817. The van der Waals surface area contributed by atoms with Crippen LogP contribution < -0.4 is 5.32 Å². The van der Waals surface area contributed by atoms with Crippen molar-refractivity contribution in [3.8, 4) is 0 Å². The minimum absolute atomic E-state index is 0.0197. The van der Waals surface area contributed by atoms with Crippen molar-refractivity contribution in [1.82, 2.24) is 20.0 Å². The number of carbonyl (C=O) groups excluding carboxylic acids is 3. The maximum atomic E-state index is 12.9. The number of ketones is 1. The largest absolute Gasteiger partial charge is 0.444 e. The number of hydrogen-bond acceptors (Lipinski definition) is 9. The smallest absolute Gasteiger partial charge is 0.410 e. The number of amides is 2. The zero-order chi connectivity index (χ0) is 40.0. The Bertz CT molecular complexity index is 1480. The van der Waals surface area contributed by atoms with Gasteiger partial charge in [-0.2, -0.15) is 0 Å². The lowest BCUT2D eigenvalue weighted by Crippen LogP contribution is -2.57. The summed E-state index contributed by atoms with van der Waals surface area (Å²) in [7, 11) is 0. The van der Waals surface area contributed by atoms with Crippen molar-refractivity contribution in [3.05, 3.63) is 69.7 Å². The minimum atomic E-state index is -0.567. The molecule has 0 aromatic heterocycles. The van der Waals surface area contributed by atoms with Crippen LogP contribution in [0.15, 0.2) is 48.5 Å². The number of rotatable bonds is 5. The van der Waals surface area contributed by atoms with Gasteiger partial charge in [0.1, 0.15) is 11.2 Å². The summed E-state index contributed by atoms with van der Waals surface area (Å²) in [6.07, 6.45) is 4.15. The molecule has 306 valence electrons. The van der Waals surface area contributed by atoms with Crippen LogP contribution >= 0.6 is 23.2 Å². The van der Waals surface area contributed by atoms with Gasteiger partial charge in [0.25, 0.3) is 0 Å². The third-order valence-electron chi connectivity index (χ3n) is 9.66. The summed E-state index contributed by atoms with van der Waals surface area (Å²) < 4.78 is 21.6. The first kappa shape index (κ1) is 44.8. The van der Waals surface area contributed by atoms with Gasteiger partial charge in [0.2, 0.25) is 0 Å². The average molecular weight is 806 g/mol. The quantitative estimate of drug-likeness (QED) is 0.330. The number of morpholine rings is 2. The number of nitrogens with zero attached hydrogens (tertiary/aromatic N) is 3. The number of likely N-dealkylation sites (tertiary alicyclic amines) is 2. The molecule has 0 spiro atoms. The van der Waals surface area contributed by atoms with Crippen LogP contribution in [0.4, 0.5) is 9.59 Å². The molecule has 0 bridgehead atoms. The van der Waals surface area contributed by atoms with Crippen molar-refractivity contribution >= 4 is 41.2 Å². The first-order valence-corrected chi connectivity index (χ1v) is 20.4. The Morgan fingerprint density at radius 3 is 1.64 bits per heavy atom. The third kappa shape index (κ3) is 16.2. The molecule has 4 fully saturated rings. The monoisotopic (exact) mass is 804 g/mol. The number of piperidine rings is 2. The molecule has 3 atom stereocenters. The average Bonchev–Trinajstić information content (AvgIpc) is 3.14. The molecule has 11 nitrogen and oxygen atoms in total. The van der Waals surface area contributed by atoms with E-state index in [1.54, 1.807) is 4.90 Å². The predicted octanol–water partition coefficient (Wildman–Crippen LogP) is 7.44. The van der Waals surface area contributed by atoms with E-state index in [0.29, 0.717) is 36.9 Å². The number of carbonyl (C=O) groups is 3. The van der Waals surface area contributed by atoms with E-state index in [2.05, 4.69) is 10.2 Å². The molecule has 0 aliphatic carbocycles. The highest BCUT2D eigenvalue weighted by Gasteiger charge is 2.37. The Balaban J connectivity index is 0.000000215. The van der Waals surface area contributed by atoms with Gasteiger partial charge in [-0.05, 0) is 109 Å². The molecule has 1 N–H and O–H groups in total. The Morgan fingerprint density at radius 2 is 1.18 bits per heavy atom. The van der Waals surface area contributed by atoms with E-state index in [4.69, 9.17) is 42.1 Å². The molecule has 4 saturated heterocycles. The molecule has 0 saturated carbocycles. The molecule has 4 aliphatic rings. The van der Waals surface area contributed by atoms with Crippen molar-refractivity contribution in [2.75, 3.05) is 65.7 Å². The van der Waals surface area contributed by atoms with Crippen LogP contribution in [0.3, 0.4) is 0 Å². The van der Waals surface area contributed by atoms with E-state index in [0.717, 1.165) is 82.5 Å². The second-order valence-corrected chi connectivity index (χ2v) is 17.4. The molecule has 55 heavy (non-hydrogen) atoms. The fraction of sp³-hybridized carbons (Fsp3) is 0.643. The van der Waals surface area contributed by atoms with Crippen LogP contribution in [0.1, 0.15) is 78.4 Å². The Hall–Kier alpha value is -2.93. The summed E-state index contributed by atoms with van der Waals surface area (Å²) >= 11 is 11.9. The van der Waals surface area contributed by atoms with Crippen LogP contribution in [0, 0.1) is 0 Å². The van der Waals surface area contributed by atoms with Crippen molar-refractivity contribution in [1.29, 1.82) is 0 Å². The minimum Gasteiger partial charge on any atom is -0.444 e. The highest BCUT2D eigenvalue weighted by atomic mass is 35.5. The fourth-order valence-corrected chi connectivity index (χ4v) is 7.19. The molecular weight excluding hydrogens is 743 g/mol. The van der Waals surface area contributed by atoms with Crippen LogP contribution in [0.2, 0.25) is 10.0 Å². The number of Topliss-reactive ketones (excluding diaryl/α,β-unsaturated/α-hetero) is 1. The van der Waals surface area contributed by atoms with E-state index in [1.165, 1.54) is 5.56 Å². The predicted molar refractivity (Wildman–Crippen MR) is 217 cm³/mol. The zero-order valence-corrected chi connectivity index (χ0v) is 35.1. The van der Waals surface area contributed by atoms with Gasteiger partial charge in [-0.25, -0.2) is 9.59 Å². The van der Waals surface area contributed by atoms with E-state index < -0.39 is 17.3 Å². The second kappa shape index (κ2) is 21.6. The van der Waals surface area contributed by atoms with Gasteiger partial charge >= 0.3 is 12.2 Å². The SMILES string of the molecule is C1COCCN1.CC(C)(C)OC(=O)N1CC(=O)CC[C@@H]1Cc1ccc(Cl)cc1.CC(C)(C)OC(=O)N1C[C@H](N2CCOCC2)CC[C@@H]1Cc1ccc(Cl)cc1. The Labute approximate surface area is 338 Å². The summed E-state index contributed by atoms with van der Waals surface area (Å²) in [5.41, 5.74) is 1.23. The molecule has 6 rings (SSSR count). The van der Waals surface area contributed by atoms with Crippen LogP contribution in [0.25, 0.3) is 0 Å². The second-order valence-electron chi connectivity index (χ2n) is 16.5. The molecule has 13 heteroatoms. The van der Waals surface area contributed by atoms with Gasteiger partial charge in [0.15, 0.2) is 5.78 Å². The number of benzene rings is 2. The first-order valence-electron chi connectivity index (χ1n) is 19.7. The fourth-order valence-electron chi connectivity index (χ4n) is 6.93. The standard InChI is InChI=1S/C21H31ClN2O3.C17H22ClNO3.C4H9NO/c1-21(2,3)27-20(25)24-15-19(23-10-12-26-13-11-23)9-8-18(24)14-16-4-6-17(22)7-5-16;1-17(2,3)22-16(21)19-11-15(20)9-8-14(19)10-12-4-6-13(18)7-5-12;1-3-6-4-2-5-1/h4-7,18-19H,8-15H2,1-3H3;4-7,14H,8-11H2,1-3H3;5H,1-4H2/t18-,19-;14-;/m11./s1. The molecular formula is C42H62Cl2N4O7. The van der Waals surface area contributed by atoms with Crippen molar-refractivity contribution in [3.63, 3.8) is 0 Å². The topological polar surface area (TPSA) is 110 Å². The van der Waals surface area contributed by atoms with Crippen LogP contribution in [-0.4, -0.2) is 128 Å². The van der Waals surface area contributed by atoms with E-state index in [9.17, 15) is 14.4 Å². The van der Waals surface area contributed by atoms with Gasteiger partial charge in [0.05, 0.1) is 33.0 Å². The van der Waals surface area contributed by atoms with Gasteiger partial charge in [-0.15, -0.1) is 0 Å². The number of halogens is 2. The lowest BCUT2D eigenvalue weighted by atomic mass is 9.92. The van der Waals surface area contributed by atoms with Crippen molar-refractivity contribution in [2.24, 2.45) is 0 Å². The van der Waals surface area contributed by atoms with Gasteiger partial charge in [-0.3, -0.25) is 14.6 Å². The highest BCUT2D eigenvalue weighted by molar-refractivity contribution is 6.30. The Kier molecular flexibility index (Phi) is 17.5. The number of hydrogen-bond donors (Lipinski definition) is 1. The van der Waals surface area contributed by atoms with Crippen LogP contribution in [-0.2, 0) is 36.6 Å². The molecule has 0 radical (unpaired) electrons. The van der Waals surface area contributed by atoms with E-state index >= 15 is 0 Å². The van der Waals surface area contributed by atoms with Crippen LogP contribution in [0.5, 0.6) is 0 Å². The maximum absolute atomic E-state index is 12.9. The lowest BCUT2D eigenvalue weighted by molar-refractivity contribution is -0.123. The van der Waals surface area contributed by atoms with Crippen molar-refractivity contribution < 1.29 is 33.3 Å². The van der Waals surface area contributed by atoms with E-state index in [1.807, 2.05) is 95.0 Å². The third-order valence-corrected chi connectivity index (χ3v) is 10.2. The first-order chi connectivity index (χ1) is 26.1. The Morgan fingerprint density at radius 1 is 0.709 bits per heavy atom. The molecule has 0 unspecified atom stereocenters. The summed E-state index contributed by atoms with van der Waals surface area (Å²) in [5, 5.41) is 4.58. The van der Waals surface area contributed by atoms with E-state index in [-0.39, 0.29) is 30.5 Å². The molecule has 2 aromatic rings. The zero-order valence-electron chi connectivity index (χ0n) is 33.6. The van der Waals surface area contributed by atoms with Crippen molar-refractivity contribution in [2.45, 2.75) is 109 Å². The number of nitrogens with one attached hydrogen (secondary N) is 1. The molecule has 4 aliphatic heterocycles.